The molecule has 0 fully saturated rings. The van der Waals surface area contributed by atoms with E-state index in [9.17, 15) is 0 Å². The van der Waals surface area contributed by atoms with E-state index in [1.165, 1.54) is 0 Å². The SMILES string of the molecule is COc1ccc(C(C)=NNc2nncc3ccccc23)c2ccccc12. The van der Waals surface area contributed by atoms with Crippen molar-refractivity contribution in [3.63, 3.8) is 0 Å². The van der Waals surface area contributed by atoms with Crippen LogP contribution in [0.15, 0.2) is 72.0 Å². The van der Waals surface area contributed by atoms with Crippen molar-refractivity contribution >= 4 is 33.1 Å². The summed E-state index contributed by atoms with van der Waals surface area (Å²) in [6.45, 7) is 1.97. The van der Waals surface area contributed by atoms with E-state index in [0.717, 1.165) is 38.6 Å². The summed E-state index contributed by atoms with van der Waals surface area (Å²) in [5.74, 6) is 1.49. The van der Waals surface area contributed by atoms with Gasteiger partial charge in [-0.1, -0.05) is 48.5 Å². The van der Waals surface area contributed by atoms with Crippen LogP contribution in [0, 0.1) is 0 Å². The monoisotopic (exact) mass is 342 g/mol. The summed E-state index contributed by atoms with van der Waals surface area (Å²) in [6, 6.07) is 20.1. The van der Waals surface area contributed by atoms with Gasteiger partial charge in [-0.15, -0.1) is 5.10 Å². The minimum Gasteiger partial charge on any atom is -0.496 e. The fourth-order valence-electron chi connectivity index (χ4n) is 3.07. The second-order valence-corrected chi connectivity index (χ2v) is 5.95. The third-order valence-electron chi connectivity index (χ3n) is 4.39. The van der Waals surface area contributed by atoms with Gasteiger partial charge in [-0.25, -0.2) is 0 Å². The Balaban J connectivity index is 1.74. The van der Waals surface area contributed by atoms with Crippen LogP contribution in [-0.2, 0) is 0 Å². The summed E-state index contributed by atoms with van der Waals surface area (Å²) in [6.07, 6.45) is 1.74. The highest BCUT2D eigenvalue weighted by Gasteiger charge is 2.09. The molecule has 0 radical (unpaired) electrons. The molecule has 1 N–H and O–H groups in total. The summed E-state index contributed by atoms with van der Waals surface area (Å²) < 4.78 is 5.47. The number of benzene rings is 3. The molecule has 4 aromatic rings. The Kier molecular flexibility index (Phi) is 4.19. The first-order valence-corrected chi connectivity index (χ1v) is 8.35. The molecule has 0 atom stereocenters. The van der Waals surface area contributed by atoms with E-state index in [4.69, 9.17) is 4.74 Å². The van der Waals surface area contributed by atoms with Gasteiger partial charge in [0.25, 0.3) is 0 Å². The van der Waals surface area contributed by atoms with E-state index < -0.39 is 0 Å². The molecule has 128 valence electrons. The maximum atomic E-state index is 5.47. The quantitative estimate of drug-likeness (QED) is 0.434. The van der Waals surface area contributed by atoms with Crippen LogP contribution in [0.2, 0.25) is 0 Å². The molecule has 0 unspecified atom stereocenters. The van der Waals surface area contributed by atoms with Gasteiger partial charge in [0.2, 0.25) is 0 Å². The molecule has 4 rings (SSSR count). The Morgan fingerprint density at radius 3 is 2.46 bits per heavy atom. The number of nitrogens with one attached hydrogen (secondary N) is 1. The van der Waals surface area contributed by atoms with Crippen LogP contribution in [-0.4, -0.2) is 23.0 Å². The molecule has 0 aliphatic carbocycles. The number of aromatic nitrogens is 2. The number of methoxy groups -OCH3 is 1. The molecule has 0 bridgehead atoms. The molecule has 0 saturated heterocycles. The minimum atomic E-state index is 0.639. The van der Waals surface area contributed by atoms with Crippen molar-refractivity contribution in [2.24, 2.45) is 5.10 Å². The molecule has 0 aliphatic heterocycles. The lowest BCUT2D eigenvalue weighted by Crippen LogP contribution is -2.03. The fourth-order valence-corrected chi connectivity index (χ4v) is 3.07. The second kappa shape index (κ2) is 6.80. The van der Waals surface area contributed by atoms with Crippen molar-refractivity contribution in [2.45, 2.75) is 6.92 Å². The maximum absolute atomic E-state index is 5.47. The Labute approximate surface area is 151 Å². The van der Waals surface area contributed by atoms with E-state index in [0.29, 0.717) is 5.82 Å². The van der Waals surface area contributed by atoms with Gasteiger partial charge in [0.1, 0.15) is 5.75 Å². The van der Waals surface area contributed by atoms with Crippen LogP contribution in [0.1, 0.15) is 12.5 Å². The highest BCUT2D eigenvalue weighted by atomic mass is 16.5. The molecule has 0 saturated carbocycles. The Morgan fingerprint density at radius 2 is 1.65 bits per heavy atom. The average molecular weight is 342 g/mol. The van der Waals surface area contributed by atoms with Crippen LogP contribution in [0.25, 0.3) is 21.5 Å². The minimum absolute atomic E-state index is 0.639. The third-order valence-corrected chi connectivity index (χ3v) is 4.39. The molecule has 0 amide bonds. The standard InChI is InChI=1S/C21H18N4O/c1-14(16-11-12-20(26-2)19-10-6-5-9-18(16)19)23-25-21-17-8-4-3-7-15(17)13-22-24-21/h3-13H,1-2H3,(H,24,25). The zero-order chi connectivity index (χ0) is 17.9. The maximum Gasteiger partial charge on any atom is 0.176 e. The lowest BCUT2D eigenvalue weighted by Gasteiger charge is -2.11. The number of rotatable bonds is 4. The molecule has 3 aromatic carbocycles. The highest BCUT2D eigenvalue weighted by Crippen LogP contribution is 2.29. The summed E-state index contributed by atoms with van der Waals surface area (Å²) >= 11 is 0. The van der Waals surface area contributed by atoms with Crippen molar-refractivity contribution < 1.29 is 4.74 Å². The largest absolute Gasteiger partial charge is 0.496 e. The van der Waals surface area contributed by atoms with Gasteiger partial charge in [-0.05, 0) is 24.4 Å². The fraction of sp³-hybridized carbons (Fsp3) is 0.0952. The predicted molar refractivity (Wildman–Crippen MR) is 106 cm³/mol. The molecule has 5 heteroatoms. The first kappa shape index (κ1) is 16.0. The zero-order valence-electron chi connectivity index (χ0n) is 14.6. The number of ether oxygens (including phenoxy) is 1. The molecule has 0 spiro atoms. The summed E-state index contributed by atoms with van der Waals surface area (Å²) in [4.78, 5) is 0. The molecule has 26 heavy (non-hydrogen) atoms. The summed E-state index contributed by atoms with van der Waals surface area (Å²) in [7, 11) is 1.68. The lowest BCUT2D eigenvalue weighted by molar-refractivity contribution is 0.420. The van der Waals surface area contributed by atoms with Gasteiger partial charge >= 0.3 is 0 Å². The van der Waals surface area contributed by atoms with E-state index in [-0.39, 0.29) is 0 Å². The molecule has 5 nitrogen and oxygen atoms in total. The Hall–Kier alpha value is -3.47. The van der Waals surface area contributed by atoms with E-state index >= 15 is 0 Å². The first-order chi connectivity index (χ1) is 12.8. The van der Waals surface area contributed by atoms with Gasteiger partial charge in [0.15, 0.2) is 5.82 Å². The number of hydrogen-bond acceptors (Lipinski definition) is 5. The molecular weight excluding hydrogens is 324 g/mol. The van der Waals surface area contributed by atoms with Gasteiger partial charge in [-0.2, -0.15) is 10.2 Å². The van der Waals surface area contributed by atoms with Crippen molar-refractivity contribution in [3.05, 3.63) is 72.4 Å². The number of hydrogen-bond donors (Lipinski definition) is 1. The highest BCUT2D eigenvalue weighted by molar-refractivity contribution is 6.11. The lowest BCUT2D eigenvalue weighted by atomic mass is 10.0. The van der Waals surface area contributed by atoms with Crippen LogP contribution in [0.4, 0.5) is 5.82 Å². The number of fused-ring (bicyclic) bond motifs is 2. The van der Waals surface area contributed by atoms with Gasteiger partial charge < -0.3 is 4.74 Å². The van der Waals surface area contributed by atoms with Gasteiger partial charge in [0.05, 0.1) is 19.0 Å². The molecule has 1 heterocycles. The van der Waals surface area contributed by atoms with E-state index in [2.05, 4.69) is 32.9 Å². The molecule has 0 aliphatic rings. The second-order valence-electron chi connectivity index (χ2n) is 5.95. The molecular formula is C21H18N4O. The van der Waals surface area contributed by atoms with Gasteiger partial charge in [-0.3, -0.25) is 5.43 Å². The van der Waals surface area contributed by atoms with Crippen molar-refractivity contribution in [1.82, 2.24) is 10.2 Å². The molecule has 1 aromatic heterocycles. The third kappa shape index (κ3) is 2.84. The Morgan fingerprint density at radius 1 is 0.923 bits per heavy atom. The zero-order valence-corrected chi connectivity index (χ0v) is 14.6. The van der Waals surface area contributed by atoms with Crippen molar-refractivity contribution in [3.8, 4) is 5.75 Å². The predicted octanol–water partition coefficient (Wildman–Crippen LogP) is 4.63. The van der Waals surface area contributed by atoms with Crippen molar-refractivity contribution in [1.29, 1.82) is 0 Å². The Bertz CT molecular complexity index is 1120. The van der Waals surface area contributed by atoms with Crippen molar-refractivity contribution in [2.75, 3.05) is 12.5 Å². The van der Waals surface area contributed by atoms with Crippen LogP contribution in [0.5, 0.6) is 5.75 Å². The topological polar surface area (TPSA) is 59.4 Å². The normalized spacial score (nSPS) is 11.7. The van der Waals surface area contributed by atoms with E-state index in [1.807, 2.05) is 55.5 Å². The van der Waals surface area contributed by atoms with E-state index in [1.54, 1.807) is 13.3 Å². The average Bonchev–Trinajstić information content (AvgIpc) is 2.71. The number of hydrazone groups is 1. The number of anilines is 1. The first-order valence-electron chi connectivity index (χ1n) is 8.35. The van der Waals surface area contributed by atoms with Gasteiger partial charge in [0, 0.05) is 21.7 Å². The van der Waals surface area contributed by atoms with Crippen LogP contribution in [0.3, 0.4) is 0 Å². The summed E-state index contributed by atoms with van der Waals surface area (Å²) in [5.41, 5.74) is 4.97. The van der Waals surface area contributed by atoms with Crippen LogP contribution < -0.4 is 10.2 Å². The number of nitrogens with zero attached hydrogens (tertiary/aromatic N) is 3. The smallest absolute Gasteiger partial charge is 0.176 e. The summed E-state index contributed by atoms with van der Waals surface area (Å²) in [5, 5.41) is 16.9. The van der Waals surface area contributed by atoms with Crippen LogP contribution >= 0.6 is 0 Å².